The lowest BCUT2D eigenvalue weighted by molar-refractivity contribution is -0.164. The summed E-state index contributed by atoms with van der Waals surface area (Å²) in [4.78, 5) is 22.3. The second kappa shape index (κ2) is 11.7. The maximum atomic E-state index is 12.4. The fraction of sp³-hybridized carbons (Fsp3) is 0.333. The number of pyridine rings is 1. The molecule has 3 N–H and O–H groups in total. The van der Waals surface area contributed by atoms with Crippen molar-refractivity contribution in [2.24, 2.45) is 10.3 Å². The number of anilines is 1. The fourth-order valence-corrected chi connectivity index (χ4v) is 2.79. The summed E-state index contributed by atoms with van der Waals surface area (Å²) in [6.07, 6.45) is -0.990. The molecule has 2 aromatic rings. The molecule has 3 rings (SSSR count). The van der Waals surface area contributed by atoms with E-state index >= 15 is 0 Å². The van der Waals surface area contributed by atoms with Crippen LogP contribution in [0.25, 0.3) is 0 Å². The second-order valence-electron chi connectivity index (χ2n) is 6.54. The third kappa shape index (κ3) is 6.23. The van der Waals surface area contributed by atoms with Gasteiger partial charge < -0.3 is 19.6 Å². The molecule has 170 valence electrons. The summed E-state index contributed by atoms with van der Waals surface area (Å²) < 4.78 is 10.6. The fourth-order valence-electron chi connectivity index (χ4n) is 2.79. The van der Waals surface area contributed by atoms with Gasteiger partial charge in [-0.25, -0.2) is 10.5 Å². The number of likely N-dealkylation sites (N-methyl/N-ethyl adjacent to an activating group) is 1. The molecule has 11 heteroatoms. The molecule has 11 nitrogen and oxygen atoms in total. The summed E-state index contributed by atoms with van der Waals surface area (Å²) in [5, 5.41) is 12.9. The minimum Gasteiger partial charge on any atom is -0.389 e. The summed E-state index contributed by atoms with van der Waals surface area (Å²) in [6.45, 7) is 4.39. The molecule has 0 fully saturated rings. The van der Waals surface area contributed by atoms with E-state index in [4.69, 9.17) is 14.3 Å². The first-order valence-electron chi connectivity index (χ1n) is 10.2. The van der Waals surface area contributed by atoms with Crippen molar-refractivity contribution in [1.82, 2.24) is 21.1 Å². The number of rotatable bonds is 11. The Bertz CT molecular complexity index is 946. The second-order valence-corrected chi connectivity index (χ2v) is 6.54. The molecule has 1 aromatic carbocycles. The van der Waals surface area contributed by atoms with E-state index in [9.17, 15) is 4.79 Å². The topological polar surface area (TPSA) is 122 Å². The number of carbonyl (C=O) groups is 1. The van der Waals surface area contributed by atoms with Gasteiger partial charge in [0.15, 0.2) is 18.2 Å². The van der Waals surface area contributed by atoms with Gasteiger partial charge in [0.25, 0.3) is 5.91 Å². The van der Waals surface area contributed by atoms with Crippen LogP contribution in [-0.2, 0) is 25.7 Å². The molecular weight excluding hydrogens is 414 g/mol. The van der Waals surface area contributed by atoms with Gasteiger partial charge in [-0.15, -0.1) is 10.6 Å². The van der Waals surface area contributed by atoms with Crippen molar-refractivity contribution in [3.05, 3.63) is 59.8 Å². The lowest BCUT2D eigenvalue weighted by Gasteiger charge is -2.16. The number of hydrazine groups is 2. The summed E-state index contributed by atoms with van der Waals surface area (Å²) in [5.74, 6) is 0.509. The molecule has 1 aliphatic heterocycles. The Balaban J connectivity index is 1.68. The molecule has 0 bridgehead atoms. The number of amides is 1. The Hall–Kier alpha value is -3.54. The smallest absolute Gasteiger partial charge is 0.282 e. The summed E-state index contributed by atoms with van der Waals surface area (Å²) in [6, 6.07) is 14.8. The van der Waals surface area contributed by atoms with E-state index in [1.54, 1.807) is 37.1 Å². The third-order valence-electron chi connectivity index (χ3n) is 4.23. The summed E-state index contributed by atoms with van der Waals surface area (Å²) in [5.41, 5.74) is 7.51. The average molecular weight is 441 g/mol. The first-order chi connectivity index (χ1) is 15.6. The zero-order chi connectivity index (χ0) is 22.8. The van der Waals surface area contributed by atoms with Gasteiger partial charge in [0, 0.05) is 25.8 Å². The van der Waals surface area contributed by atoms with E-state index in [0.717, 1.165) is 5.56 Å². The van der Waals surface area contributed by atoms with Gasteiger partial charge in [0.2, 0.25) is 6.29 Å². The number of hydrazone groups is 1. The van der Waals surface area contributed by atoms with Crippen molar-refractivity contribution < 1.29 is 19.1 Å². The minimum absolute atomic E-state index is 0.0955. The molecule has 1 aliphatic rings. The van der Waals surface area contributed by atoms with E-state index in [0.29, 0.717) is 36.3 Å². The predicted molar refractivity (Wildman–Crippen MR) is 119 cm³/mol. The van der Waals surface area contributed by atoms with Crippen LogP contribution in [0.2, 0.25) is 0 Å². The van der Waals surface area contributed by atoms with Gasteiger partial charge in [0.1, 0.15) is 5.82 Å². The van der Waals surface area contributed by atoms with Crippen LogP contribution < -0.4 is 16.4 Å². The maximum Gasteiger partial charge on any atom is 0.282 e. The van der Waals surface area contributed by atoms with Gasteiger partial charge in [0.05, 0.1) is 5.69 Å². The van der Waals surface area contributed by atoms with Crippen LogP contribution in [0.5, 0.6) is 0 Å². The largest absolute Gasteiger partial charge is 0.389 e. The number of ether oxygens (including phenoxy) is 2. The Morgan fingerprint density at radius 3 is 2.53 bits per heavy atom. The van der Waals surface area contributed by atoms with E-state index < -0.39 is 12.2 Å². The monoisotopic (exact) mass is 441 g/mol. The molecule has 32 heavy (non-hydrogen) atoms. The van der Waals surface area contributed by atoms with Gasteiger partial charge in [-0.2, -0.15) is 0 Å². The highest BCUT2D eigenvalue weighted by molar-refractivity contribution is 6.47. The van der Waals surface area contributed by atoms with Crippen LogP contribution in [0.4, 0.5) is 5.82 Å². The number of oxime groups is 1. The third-order valence-corrected chi connectivity index (χ3v) is 4.23. The van der Waals surface area contributed by atoms with Crippen molar-refractivity contribution in [3.8, 4) is 0 Å². The molecule has 0 aliphatic carbocycles. The molecule has 0 spiro atoms. The number of nitrogens with zero attached hydrogens (tertiary/aromatic N) is 4. The molecule has 0 radical (unpaired) electrons. The Kier molecular flexibility index (Phi) is 8.49. The van der Waals surface area contributed by atoms with Crippen LogP contribution >= 0.6 is 0 Å². The number of hydrogen-bond donors (Lipinski definition) is 3. The highest BCUT2D eigenvalue weighted by atomic mass is 16.7. The SMILES string of the molecule is CCOC(OCC)C(=O)Nc1cccc(CO/N=C(\C2=NNNN2C)c2ccccc2)n1. The lowest BCUT2D eigenvalue weighted by Crippen LogP contribution is -2.40. The lowest BCUT2D eigenvalue weighted by atomic mass is 10.1. The summed E-state index contributed by atoms with van der Waals surface area (Å²) >= 11 is 0. The van der Waals surface area contributed by atoms with Crippen molar-refractivity contribution in [2.45, 2.75) is 26.7 Å². The van der Waals surface area contributed by atoms with Gasteiger partial charge in [-0.05, 0) is 26.0 Å². The zero-order valence-electron chi connectivity index (χ0n) is 18.2. The quantitative estimate of drug-likeness (QED) is 0.273. The number of carbonyl (C=O) groups excluding carboxylic acids is 1. The molecule has 1 amide bonds. The number of benzene rings is 1. The average Bonchev–Trinajstić information content (AvgIpc) is 3.23. The van der Waals surface area contributed by atoms with Crippen molar-refractivity contribution in [2.75, 3.05) is 25.6 Å². The molecule has 0 saturated carbocycles. The van der Waals surface area contributed by atoms with Crippen LogP contribution in [-0.4, -0.2) is 54.0 Å². The highest BCUT2D eigenvalue weighted by Crippen LogP contribution is 2.10. The Labute approximate surface area is 186 Å². The zero-order valence-corrected chi connectivity index (χ0v) is 18.2. The highest BCUT2D eigenvalue weighted by Gasteiger charge is 2.22. The molecule has 0 saturated heterocycles. The predicted octanol–water partition coefficient (Wildman–Crippen LogP) is 1.61. The Morgan fingerprint density at radius 2 is 1.88 bits per heavy atom. The maximum absolute atomic E-state index is 12.4. The van der Waals surface area contributed by atoms with Crippen LogP contribution in [0, 0.1) is 0 Å². The van der Waals surface area contributed by atoms with Crippen LogP contribution in [0.3, 0.4) is 0 Å². The van der Waals surface area contributed by atoms with E-state index in [1.165, 1.54) is 0 Å². The number of amidine groups is 1. The van der Waals surface area contributed by atoms with Crippen molar-refractivity contribution in [3.63, 3.8) is 0 Å². The molecule has 0 unspecified atom stereocenters. The van der Waals surface area contributed by atoms with Gasteiger partial charge >= 0.3 is 0 Å². The van der Waals surface area contributed by atoms with E-state index in [-0.39, 0.29) is 6.61 Å². The molecular formula is C21H27N7O4. The first-order valence-corrected chi connectivity index (χ1v) is 10.2. The standard InChI is InChI=1S/C21H27N7O4/c1-4-30-21(31-5-2)20(29)23-17-13-9-12-16(22-17)14-32-25-18(15-10-7-6-8-11-15)19-24-26-27-28(19)3/h6-13,21,26-27H,4-5,14H2,1-3H3,(H,22,23,29)/b25-18-. The number of hydrogen-bond acceptors (Lipinski definition) is 10. The molecule has 2 heterocycles. The minimum atomic E-state index is -0.990. The van der Waals surface area contributed by atoms with Crippen LogP contribution in [0.15, 0.2) is 58.8 Å². The Morgan fingerprint density at radius 1 is 1.12 bits per heavy atom. The molecule has 1 aromatic heterocycles. The van der Waals surface area contributed by atoms with Gasteiger partial charge in [-0.3, -0.25) is 9.80 Å². The number of aromatic nitrogens is 1. The number of nitrogens with one attached hydrogen (secondary N) is 3. The van der Waals surface area contributed by atoms with Crippen molar-refractivity contribution in [1.29, 1.82) is 0 Å². The van der Waals surface area contributed by atoms with E-state index in [1.807, 2.05) is 37.4 Å². The van der Waals surface area contributed by atoms with Crippen molar-refractivity contribution >= 4 is 23.3 Å². The van der Waals surface area contributed by atoms with E-state index in [2.05, 4.69) is 31.6 Å². The molecule has 0 atom stereocenters. The van der Waals surface area contributed by atoms with Crippen LogP contribution in [0.1, 0.15) is 25.1 Å². The summed E-state index contributed by atoms with van der Waals surface area (Å²) in [7, 11) is 1.81. The normalized spacial score (nSPS) is 13.7. The van der Waals surface area contributed by atoms with Gasteiger partial charge in [-0.1, -0.05) is 41.6 Å². The first kappa shape index (κ1) is 23.1.